The molecule has 0 aliphatic carbocycles. The maximum atomic E-state index is 2.45. The van der Waals surface area contributed by atoms with Crippen LogP contribution in [0.4, 0.5) is 0 Å². The first-order valence-corrected chi connectivity index (χ1v) is 18.6. The van der Waals surface area contributed by atoms with Crippen molar-refractivity contribution in [2.45, 2.75) is 0 Å². The van der Waals surface area contributed by atoms with Crippen molar-refractivity contribution in [3.05, 3.63) is 170 Å². The lowest BCUT2D eigenvalue weighted by atomic mass is 10.0. The summed E-state index contributed by atoms with van der Waals surface area (Å²) in [6.45, 7) is 0. The number of hydrogen-bond acceptors (Lipinski definition) is 0. The van der Waals surface area contributed by atoms with Gasteiger partial charge in [-0.25, -0.2) is 0 Å². The van der Waals surface area contributed by atoms with Crippen LogP contribution in [-0.2, 0) is 14.1 Å². The Morgan fingerprint density at radius 3 is 1.35 bits per heavy atom. The summed E-state index contributed by atoms with van der Waals surface area (Å²) >= 11 is 0. The van der Waals surface area contributed by atoms with E-state index in [-0.39, 0.29) is 0 Å². The molecule has 0 fully saturated rings. The molecule has 0 bridgehead atoms. The van der Waals surface area contributed by atoms with Crippen molar-refractivity contribution in [1.82, 2.24) is 18.3 Å². The first-order valence-electron chi connectivity index (χ1n) is 18.6. The van der Waals surface area contributed by atoms with Crippen molar-refractivity contribution in [3.8, 4) is 22.5 Å². The summed E-state index contributed by atoms with van der Waals surface area (Å²) < 4.78 is 9.55. The summed E-state index contributed by atoms with van der Waals surface area (Å²) in [5, 5.41) is 10.2. The Hall–Kier alpha value is -7.04. The first kappa shape index (κ1) is 29.5. The Kier molecular flexibility index (Phi) is 5.88. The Morgan fingerprint density at radius 2 is 0.648 bits per heavy atom. The number of benzene rings is 8. The summed E-state index contributed by atoms with van der Waals surface area (Å²) in [6.07, 6.45) is 0. The van der Waals surface area contributed by atoms with Gasteiger partial charge in [0.1, 0.15) is 0 Å². The second-order valence-corrected chi connectivity index (χ2v) is 14.7. The lowest BCUT2D eigenvalue weighted by molar-refractivity contribution is 1.01. The normalized spacial score (nSPS) is 12.3. The van der Waals surface area contributed by atoms with Crippen LogP contribution in [0.1, 0.15) is 0 Å². The van der Waals surface area contributed by atoms with Gasteiger partial charge in [0.2, 0.25) is 0 Å². The van der Waals surface area contributed by atoms with Gasteiger partial charge >= 0.3 is 0 Å². The monoisotopic (exact) mass is 690 g/mol. The Labute approximate surface area is 310 Å². The third-order valence-corrected chi connectivity index (χ3v) is 12.0. The fourth-order valence-electron chi connectivity index (χ4n) is 9.40. The highest BCUT2D eigenvalue weighted by Gasteiger charge is 2.19. The molecular formula is C50H34N4. The molecule has 4 heteroatoms. The van der Waals surface area contributed by atoms with Crippen molar-refractivity contribution in [3.63, 3.8) is 0 Å². The molecule has 4 nitrogen and oxygen atoms in total. The van der Waals surface area contributed by atoms with E-state index in [1.54, 1.807) is 0 Å². The lowest BCUT2D eigenvalue weighted by Gasteiger charge is -2.09. The van der Waals surface area contributed by atoms with Gasteiger partial charge in [-0.1, -0.05) is 97.1 Å². The zero-order chi connectivity index (χ0) is 35.7. The number of aryl methyl sites for hydroxylation is 2. The molecule has 254 valence electrons. The predicted octanol–water partition coefficient (Wildman–Crippen LogP) is 12.8. The maximum absolute atomic E-state index is 2.45. The average Bonchev–Trinajstić information content (AvgIpc) is 3.91. The van der Waals surface area contributed by atoms with Crippen LogP contribution in [0.25, 0.3) is 110 Å². The van der Waals surface area contributed by atoms with Gasteiger partial charge in [0.25, 0.3) is 0 Å². The van der Waals surface area contributed by atoms with Crippen molar-refractivity contribution < 1.29 is 0 Å². The number of fused-ring (bicyclic) bond motifs is 12. The molecule has 0 saturated carbocycles. The minimum absolute atomic E-state index is 1.16. The fraction of sp³-hybridized carbons (Fsp3) is 0.0400. The largest absolute Gasteiger partial charge is 0.344 e. The lowest BCUT2D eigenvalue weighted by Crippen LogP contribution is -1.94. The van der Waals surface area contributed by atoms with Crippen LogP contribution >= 0.6 is 0 Å². The van der Waals surface area contributed by atoms with Crippen LogP contribution in [0.15, 0.2) is 170 Å². The number of rotatable bonds is 3. The van der Waals surface area contributed by atoms with E-state index >= 15 is 0 Å². The summed E-state index contributed by atoms with van der Waals surface area (Å²) in [7, 11) is 4.39. The van der Waals surface area contributed by atoms with E-state index in [1.807, 2.05) is 0 Å². The zero-order valence-corrected chi connectivity index (χ0v) is 30.0. The topological polar surface area (TPSA) is 19.7 Å². The van der Waals surface area contributed by atoms with E-state index in [2.05, 4.69) is 202 Å². The third-order valence-electron chi connectivity index (χ3n) is 12.0. The van der Waals surface area contributed by atoms with Crippen molar-refractivity contribution in [2.24, 2.45) is 14.1 Å². The van der Waals surface area contributed by atoms with Crippen molar-refractivity contribution in [1.29, 1.82) is 0 Å². The minimum Gasteiger partial charge on any atom is -0.344 e. The van der Waals surface area contributed by atoms with Gasteiger partial charge in [0.05, 0.1) is 27.6 Å². The molecule has 12 aromatic rings. The molecule has 0 N–H and O–H groups in total. The molecule has 0 radical (unpaired) electrons. The minimum atomic E-state index is 1.16. The first-order chi connectivity index (χ1) is 26.6. The quantitative estimate of drug-likeness (QED) is 0.176. The highest BCUT2D eigenvalue weighted by Crippen LogP contribution is 2.42. The van der Waals surface area contributed by atoms with Crippen LogP contribution in [0.3, 0.4) is 0 Å². The number of hydrogen-bond donors (Lipinski definition) is 0. The second-order valence-electron chi connectivity index (χ2n) is 14.7. The van der Waals surface area contributed by atoms with Gasteiger partial charge in [-0.15, -0.1) is 0 Å². The smallest absolute Gasteiger partial charge is 0.0562 e. The Morgan fingerprint density at radius 1 is 0.259 bits per heavy atom. The molecule has 0 amide bonds. The average molecular weight is 691 g/mol. The number of aromatic nitrogens is 4. The highest BCUT2D eigenvalue weighted by atomic mass is 15.0. The molecule has 4 heterocycles. The summed E-state index contributed by atoms with van der Waals surface area (Å²) in [6, 6.07) is 62.6. The molecular weight excluding hydrogens is 657 g/mol. The van der Waals surface area contributed by atoms with E-state index in [9.17, 15) is 0 Å². The number of nitrogens with zero attached hydrogens (tertiary/aromatic N) is 4. The van der Waals surface area contributed by atoms with E-state index in [1.165, 1.54) is 104 Å². The van der Waals surface area contributed by atoms with Crippen molar-refractivity contribution >= 4 is 87.2 Å². The Balaban J connectivity index is 1.08. The van der Waals surface area contributed by atoms with Gasteiger partial charge in [-0.05, 0) is 83.9 Å². The van der Waals surface area contributed by atoms with E-state index < -0.39 is 0 Å². The van der Waals surface area contributed by atoms with Gasteiger partial charge in [0, 0.05) is 85.1 Å². The second kappa shape index (κ2) is 10.8. The highest BCUT2D eigenvalue weighted by molar-refractivity contribution is 6.20. The molecule has 0 unspecified atom stereocenters. The fourth-order valence-corrected chi connectivity index (χ4v) is 9.40. The zero-order valence-electron chi connectivity index (χ0n) is 30.0. The van der Waals surface area contributed by atoms with Gasteiger partial charge in [-0.3, -0.25) is 0 Å². The Bertz CT molecular complexity index is 3500. The van der Waals surface area contributed by atoms with E-state index in [0.29, 0.717) is 0 Å². The van der Waals surface area contributed by atoms with Gasteiger partial charge in [0.15, 0.2) is 0 Å². The van der Waals surface area contributed by atoms with Crippen molar-refractivity contribution in [2.75, 3.05) is 0 Å². The van der Waals surface area contributed by atoms with Gasteiger partial charge < -0.3 is 18.3 Å². The summed E-state index contributed by atoms with van der Waals surface area (Å²) in [5.74, 6) is 0. The number of para-hydroxylation sites is 4. The molecule has 0 aliphatic heterocycles. The van der Waals surface area contributed by atoms with Crippen LogP contribution in [0.5, 0.6) is 0 Å². The standard InChI is InChI=1S/C50H34N4/c1-51-43-19-11-9-17-35(43)41-29-49-42(28-46(41)51)38-24-22-32(26-48(38)54(49)34-15-7-4-8-16-34)31-21-23-37-39-27-40-36-18-10-12-20-44(36)53(33-13-5-3-6-14-33)50(40)30-47(39)52(2)45(37)25-31/h3-30H,1-2H3. The molecule has 12 rings (SSSR count). The molecule has 8 aromatic carbocycles. The van der Waals surface area contributed by atoms with Crippen LogP contribution in [-0.4, -0.2) is 18.3 Å². The summed E-state index contributed by atoms with van der Waals surface area (Å²) in [5.41, 5.74) is 14.6. The van der Waals surface area contributed by atoms with Crippen LogP contribution in [0, 0.1) is 0 Å². The van der Waals surface area contributed by atoms with Crippen LogP contribution in [0.2, 0.25) is 0 Å². The van der Waals surface area contributed by atoms with Crippen LogP contribution < -0.4 is 0 Å². The molecule has 4 aromatic heterocycles. The predicted molar refractivity (Wildman–Crippen MR) is 229 cm³/mol. The van der Waals surface area contributed by atoms with E-state index in [4.69, 9.17) is 0 Å². The SMILES string of the molecule is Cn1c2ccccc2c2cc3c(cc21)c1ccc(-c2ccc4c5cc6c7ccccc7n(-c7ccccc7)c6cc5n(C)c4c2)cc1n3-c1ccccc1. The van der Waals surface area contributed by atoms with Gasteiger partial charge in [-0.2, -0.15) is 0 Å². The third kappa shape index (κ3) is 3.92. The molecule has 0 aliphatic rings. The molecule has 54 heavy (non-hydrogen) atoms. The molecule has 0 saturated heterocycles. The summed E-state index contributed by atoms with van der Waals surface area (Å²) in [4.78, 5) is 0. The molecule has 0 atom stereocenters. The molecule has 0 spiro atoms. The maximum Gasteiger partial charge on any atom is 0.0562 e. The van der Waals surface area contributed by atoms with E-state index in [0.717, 1.165) is 5.69 Å².